The summed E-state index contributed by atoms with van der Waals surface area (Å²) in [7, 11) is 0. The third kappa shape index (κ3) is 5.63. The van der Waals surface area contributed by atoms with Crippen molar-refractivity contribution in [3.8, 4) is 22.6 Å². The first-order chi connectivity index (χ1) is 16.0. The average molecular weight is 505 g/mol. The van der Waals surface area contributed by atoms with Gasteiger partial charge in [-0.05, 0) is 62.3 Å². The van der Waals surface area contributed by atoms with Crippen molar-refractivity contribution in [3.63, 3.8) is 0 Å². The van der Waals surface area contributed by atoms with Crippen LogP contribution in [0.5, 0.6) is 11.5 Å². The molecule has 4 rings (SSSR count). The Morgan fingerprint density at radius 2 is 1.30 bits per heavy atom. The van der Waals surface area contributed by atoms with E-state index in [2.05, 4.69) is 29.8 Å². The van der Waals surface area contributed by atoms with Crippen molar-refractivity contribution < 1.29 is 13.9 Å². The molecule has 0 bridgehead atoms. The molecule has 0 fully saturated rings. The summed E-state index contributed by atoms with van der Waals surface area (Å²) in [5.41, 5.74) is 4.95. The predicted molar refractivity (Wildman–Crippen MR) is 135 cm³/mol. The molecule has 4 aromatic rings. The van der Waals surface area contributed by atoms with Crippen molar-refractivity contribution in [1.29, 1.82) is 0 Å². The predicted octanol–water partition coefficient (Wildman–Crippen LogP) is 8.54. The Labute approximate surface area is 203 Å². The van der Waals surface area contributed by atoms with E-state index in [1.54, 1.807) is 12.1 Å². The van der Waals surface area contributed by atoms with Gasteiger partial charge in [-0.25, -0.2) is 4.39 Å². The van der Waals surface area contributed by atoms with Gasteiger partial charge in [-0.1, -0.05) is 86.6 Å². The highest BCUT2D eigenvalue weighted by atomic mass is 79.9. The summed E-state index contributed by atoms with van der Waals surface area (Å²) in [6.45, 7) is 5.09. The molecule has 2 nitrogen and oxygen atoms in total. The van der Waals surface area contributed by atoms with E-state index in [4.69, 9.17) is 9.47 Å². The number of hydrogen-bond acceptors (Lipinski definition) is 2. The van der Waals surface area contributed by atoms with Crippen LogP contribution >= 0.6 is 15.9 Å². The Hall–Kier alpha value is -3.11. The minimum atomic E-state index is -0.276. The maximum absolute atomic E-state index is 13.7. The molecular formula is C29H26BrFO2. The molecule has 0 radical (unpaired) electrons. The van der Waals surface area contributed by atoms with Crippen LogP contribution in [0.15, 0.2) is 95.5 Å². The summed E-state index contributed by atoms with van der Waals surface area (Å²) >= 11 is 3.82. The molecule has 0 aliphatic rings. The number of ether oxygens (including phenoxy) is 2. The highest BCUT2D eigenvalue weighted by Gasteiger charge is 2.22. The second kappa shape index (κ2) is 10.7. The number of hydrogen-bond donors (Lipinski definition) is 0. The molecule has 4 heteroatoms. The van der Waals surface area contributed by atoms with Crippen molar-refractivity contribution in [2.75, 3.05) is 0 Å². The van der Waals surface area contributed by atoms with Crippen LogP contribution in [0.3, 0.4) is 0 Å². The third-order valence-electron chi connectivity index (χ3n) is 5.43. The van der Waals surface area contributed by atoms with Gasteiger partial charge in [0.15, 0.2) is 11.5 Å². The first kappa shape index (κ1) is 23.1. The normalized spacial score (nSPS) is 10.9. The standard InChI is InChI=1S/C29H26BrFO2/c1-20(2)25-17-26(32-18-21-9-5-3-6-10-21)29(33-19-22-11-7-4-8-12-22)27(28(25)30)23-13-15-24(31)16-14-23/h3-17,20H,18-19H2,1-2H3. The molecule has 0 aliphatic heterocycles. The fourth-order valence-corrected chi connectivity index (χ4v) is 4.63. The maximum atomic E-state index is 13.7. The lowest BCUT2D eigenvalue weighted by molar-refractivity contribution is 0.256. The Morgan fingerprint density at radius 1 is 0.758 bits per heavy atom. The molecule has 33 heavy (non-hydrogen) atoms. The first-order valence-corrected chi connectivity index (χ1v) is 11.8. The maximum Gasteiger partial charge on any atom is 0.170 e. The van der Waals surface area contributed by atoms with Gasteiger partial charge in [0.2, 0.25) is 0 Å². The van der Waals surface area contributed by atoms with Gasteiger partial charge in [-0.2, -0.15) is 0 Å². The largest absolute Gasteiger partial charge is 0.485 e. The molecule has 0 saturated carbocycles. The summed E-state index contributed by atoms with van der Waals surface area (Å²) in [6, 6.07) is 28.6. The zero-order valence-electron chi connectivity index (χ0n) is 18.7. The van der Waals surface area contributed by atoms with E-state index in [-0.39, 0.29) is 11.7 Å². The zero-order valence-corrected chi connectivity index (χ0v) is 20.3. The van der Waals surface area contributed by atoms with Crippen LogP contribution in [0.1, 0.15) is 36.5 Å². The lowest BCUT2D eigenvalue weighted by Crippen LogP contribution is -2.05. The fourth-order valence-electron chi connectivity index (χ4n) is 3.65. The van der Waals surface area contributed by atoms with Gasteiger partial charge in [0.1, 0.15) is 19.0 Å². The van der Waals surface area contributed by atoms with Crippen LogP contribution in [-0.2, 0) is 13.2 Å². The van der Waals surface area contributed by atoms with Crippen LogP contribution in [0.4, 0.5) is 4.39 Å². The van der Waals surface area contributed by atoms with Gasteiger partial charge in [0.05, 0.1) is 0 Å². The number of rotatable bonds is 8. The van der Waals surface area contributed by atoms with Crippen molar-refractivity contribution in [2.45, 2.75) is 33.0 Å². The average Bonchev–Trinajstić information content (AvgIpc) is 2.84. The monoisotopic (exact) mass is 504 g/mol. The van der Waals surface area contributed by atoms with E-state index in [0.29, 0.717) is 24.7 Å². The minimum Gasteiger partial charge on any atom is -0.485 e. The molecule has 4 aromatic carbocycles. The summed E-state index contributed by atoms with van der Waals surface area (Å²) in [5.74, 6) is 1.28. The summed E-state index contributed by atoms with van der Waals surface area (Å²) in [5, 5.41) is 0. The summed E-state index contributed by atoms with van der Waals surface area (Å²) in [6.07, 6.45) is 0. The Morgan fingerprint density at radius 3 is 1.85 bits per heavy atom. The van der Waals surface area contributed by atoms with Crippen LogP contribution in [-0.4, -0.2) is 0 Å². The van der Waals surface area contributed by atoms with Crippen molar-refractivity contribution >= 4 is 15.9 Å². The van der Waals surface area contributed by atoms with Gasteiger partial charge in [0, 0.05) is 10.0 Å². The Kier molecular flexibility index (Phi) is 7.46. The van der Waals surface area contributed by atoms with Crippen LogP contribution in [0.2, 0.25) is 0 Å². The highest BCUT2D eigenvalue weighted by Crippen LogP contribution is 2.47. The van der Waals surface area contributed by atoms with E-state index in [9.17, 15) is 4.39 Å². The minimum absolute atomic E-state index is 0.251. The van der Waals surface area contributed by atoms with Crippen molar-refractivity contribution in [1.82, 2.24) is 0 Å². The topological polar surface area (TPSA) is 18.5 Å². The van der Waals surface area contributed by atoms with Crippen molar-refractivity contribution in [3.05, 3.63) is 118 Å². The second-order valence-electron chi connectivity index (χ2n) is 8.19. The van der Waals surface area contributed by atoms with Gasteiger partial charge >= 0.3 is 0 Å². The second-order valence-corrected chi connectivity index (χ2v) is 8.99. The van der Waals surface area contributed by atoms with E-state index in [1.807, 2.05) is 66.7 Å². The molecule has 0 atom stereocenters. The molecule has 0 aromatic heterocycles. The number of benzene rings is 4. The molecule has 0 unspecified atom stereocenters. The van der Waals surface area contributed by atoms with Gasteiger partial charge in [0.25, 0.3) is 0 Å². The Balaban J connectivity index is 1.81. The smallest absolute Gasteiger partial charge is 0.170 e. The molecule has 0 spiro atoms. The summed E-state index contributed by atoms with van der Waals surface area (Å²) in [4.78, 5) is 0. The van der Waals surface area contributed by atoms with Crippen LogP contribution in [0.25, 0.3) is 11.1 Å². The van der Waals surface area contributed by atoms with E-state index < -0.39 is 0 Å². The van der Waals surface area contributed by atoms with E-state index in [1.165, 1.54) is 12.1 Å². The quantitative estimate of drug-likeness (QED) is 0.239. The zero-order chi connectivity index (χ0) is 23.2. The van der Waals surface area contributed by atoms with Gasteiger partial charge in [-0.15, -0.1) is 0 Å². The van der Waals surface area contributed by atoms with Gasteiger partial charge < -0.3 is 9.47 Å². The first-order valence-electron chi connectivity index (χ1n) is 11.0. The number of halogens is 2. The molecule has 0 saturated heterocycles. The SMILES string of the molecule is CC(C)c1cc(OCc2ccccc2)c(OCc2ccccc2)c(-c2ccc(F)cc2)c1Br. The molecule has 0 N–H and O–H groups in total. The third-order valence-corrected chi connectivity index (χ3v) is 6.28. The highest BCUT2D eigenvalue weighted by molar-refractivity contribution is 9.10. The molecule has 168 valence electrons. The molecular weight excluding hydrogens is 479 g/mol. The van der Waals surface area contributed by atoms with Crippen LogP contribution in [0, 0.1) is 5.82 Å². The van der Waals surface area contributed by atoms with E-state index >= 15 is 0 Å². The molecule has 0 amide bonds. The summed E-state index contributed by atoms with van der Waals surface area (Å²) < 4.78 is 27.3. The molecule has 0 aliphatic carbocycles. The van der Waals surface area contributed by atoms with Gasteiger partial charge in [-0.3, -0.25) is 0 Å². The Bertz CT molecular complexity index is 1190. The molecule has 0 heterocycles. The van der Waals surface area contributed by atoms with Crippen molar-refractivity contribution in [2.24, 2.45) is 0 Å². The lowest BCUT2D eigenvalue weighted by atomic mass is 9.95. The van der Waals surface area contributed by atoms with Crippen LogP contribution < -0.4 is 9.47 Å². The van der Waals surface area contributed by atoms with E-state index in [0.717, 1.165) is 32.3 Å². The lowest BCUT2D eigenvalue weighted by Gasteiger charge is -2.22. The fraction of sp³-hybridized carbons (Fsp3) is 0.172.